The normalized spacial score (nSPS) is 19.3. The monoisotopic (exact) mass is 614 g/mol. The van der Waals surface area contributed by atoms with Crippen LogP contribution in [0.15, 0.2) is 53.5 Å². The second-order valence-electron chi connectivity index (χ2n) is 13.8. The van der Waals surface area contributed by atoms with Crippen LogP contribution in [0, 0.1) is 0 Å². The molecule has 6 rings (SSSR count). The summed E-state index contributed by atoms with van der Waals surface area (Å²) in [5, 5.41) is 15.4. The van der Waals surface area contributed by atoms with Crippen molar-refractivity contribution in [1.29, 1.82) is 0 Å². The van der Waals surface area contributed by atoms with Crippen molar-refractivity contribution in [2.45, 2.75) is 77.8 Å². The maximum absolute atomic E-state index is 12.7. The predicted octanol–water partition coefficient (Wildman–Crippen LogP) is 6.24. The fourth-order valence-corrected chi connectivity index (χ4v) is 7.75. The molecule has 3 N–H and O–H groups in total. The first-order valence-electron chi connectivity index (χ1n) is 14.9. The minimum absolute atomic E-state index is 0.153. The van der Waals surface area contributed by atoms with Gasteiger partial charge in [-0.25, -0.2) is 4.79 Å². The van der Waals surface area contributed by atoms with Crippen molar-refractivity contribution in [3.05, 3.63) is 92.5 Å². The summed E-state index contributed by atoms with van der Waals surface area (Å²) in [4.78, 5) is 17.6. The van der Waals surface area contributed by atoms with Gasteiger partial charge in [-0.15, -0.1) is 0 Å². The van der Waals surface area contributed by atoms with E-state index in [1.807, 2.05) is 71.0 Å². The zero-order chi connectivity index (χ0) is 31.9. The highest BCUT2D eigenvalue weighted by Crippen LogP contribution is 2.47. The predicted molar refractivity (Wildman–Crippen MR) is 172 cm³/mol. The van der Waals surface area contributed by atoms with Gasteiger partial charge in [-0.3, -0.25) is 9.55 Å². The maximum atomic E-state index is 12.7. The van der Waals surface area contributed by atoms with Crippen LogP contribution in [0.1, 0.15) is 105 Å². The topological polar surface area (TPSA) is 125 Å². The Labute approximate surface area is 257 Å². The summed E-state index contributed by atoms with van der Waals surface area (Å²) in [7, 11) is -4.27. The number of hydrogen-bond donors (Lipinski definition) is 3. The van der Waals surface area contributed by atoms with Crippen molar-refractivity contribution < 1.29 is 27.6 Å². The summed E-state index contributed by atoms with van der Waals surface area (Å²) in [5.41, 5.74) is 5.68. The molecule has 3 aliphatic heterocycles. The smallest absolute Gasteiger partial charge is 0.336 e. The molecular formula is C35H38N2O6S. The molecule has 9 heteroatoms. The van der Waals surface area contributed by atoms with Crippen LogP contribution < -0.4 is 20.6 Å². The summed E-state index contributed by atoms with van der Waals surface area (Å²) in [6, 6.07) is 13.2. The Morgan fingerprint density at radius 2 is 1.77 bits per heavy atom. The largest absolute Gasteiger partial charge is 0.478 e. The molecule has 0 saturated heterocycles. The van der Waals surface area contributed by atoms with Crippen LogP contribution in [0.2, 0.25) is 0 Å². The third-order valence-corrected chi connectivity index (χ3v) is 9.53. The second kappa shape index (κ2) is 10.0. The summed E-state index contributed by atoms with van der Waals surface area (Å²) in [6.07, 6.45) is 2.59. The lowest BCUT2D eigenvalue weighted by Crippen LogP contribution is -2.39. The zero-order valence-electron chi connectivity index (χ0n) is 26.1. The number of nitrogens with one attached hydrogen (secondary N) is 1. The number of nitrogens with zero attached hydrogens (tertiary/aromatic N) is 1. The van der Waals surface area contributed by atoms with Gasteiger partial charge in [0.15, 0.2) is 0 Å². The van der Waals surface area contributed by atoms with Gasteiger partial charge in [0, 0.05) is 51.2 Å². The Hall–Kier alpha value is -3.95. The molecule has 0 amide bonds. The second-order valence-corrected chi connectivity index (χ2v) is 15.3. The SMILES string of the molecule is CC1=CC(C)(C)N=c2cc3c(cc21)=C(c1cc(C(C)C)ccc1C(=O)O)c1cc2c(cc1O3)NC(C)(C)CC2CS(=O)(=O)O. The molecule has 0 radical (unpaired) electrons. The average Bonchev–Trinajstić information content (AvgIpc) is 2.87. The lowest BCUT2D eigenvalue weighted by atomic mass is 9.79. The number of fused-ring (bicyclic) bond motifs is 4. The molecule has 0 saturated carbocycles. The summed E-state index contributed by atoms with van der Waals surface area (Å²) in [6.45, 7) is 14.2. The maximum Gasteiger partial charge on any atom is 0.336 e. The molecule has 3 heterocycles. The van der Waals surface area contributed by atoms with Crippen molar-refractivity contribution in [3.8, 4) is 11.5 Å². The van der Waals surface area contributed by atoms with E-state index in [4.69, 9.17) is 9.73 Å². The standard InChI is InChI=1S/C35H38N2O6S/c1-18(2)20-8-9-22(33(38)39)25(10-20)32-26-11-23-19(3)15-34(4,5)36-28(23)13-30(26)43-31-14-29-24(12-27(31)32)21(17-44(40,41)42)16-35(6,7)37-29/h8-15,18,21,37H,16-17H2,1-7H3,(H,38,39)(H,40,41,42). The molecule has 3 aromatic rings. The number of carboxylic acids is 1. The van der Waals surface area contributed by atoms with Gasteiger partial charge in [0.25, 0.3) is 10.1 Å². The highest BCUT2D eigenvalue weighted by Gasteiger charge is 2.36. The van der Waals surface area contributed by atoms with Crippen LogP contribution in [0.25, 0.3) is 11.1 Å². The number of allylic oxidation sites excluding steroid dienone is 1. The Kier molecular flexibility index (Phi) is 6.86. The highest BCUT2D eigenvalue weighted by molar-refractivity contribution is 7.85. The average molecular weight is 615 g/mol. The molecule has 44 heavy (non-hydrogen) atoms. The fourth-order valence-electron chi connectivity index (χ4n) is 6.94. The van der Waals surface area contributed by atoms with Crippen molar-refractivity contribution in [1.82, 2.24) is 0 Å². The number of aromatic carboxylic acids is 1. The summed E-state index contributed by atoms with van der Waals surface area (Å²) >= 11 is 0. The van der Waals surface area contributed by atoms with E-state index in [1.165, 1.54) is 0 Å². The van der Waals surface area contributed by atoms with Gasteiger partial charge in [-0.2, -0.15) is 8.42 Å². The van der Waals surface area contributed by atoms with Crippen molar-refractivity contribution >= 4 is 32.9 Å². The van der Waals surface area contributed by atoms with Crippen LogP contribution in [0.5, 0.6) is 11.5 Å². The van der Waals surface area contributed by atoms with Gasteiger partial charge in [0.2, 0.25) is 0 Å². The van der Waals surface area contributed by atoms with Crippen molar-refractivity contribution in [3.63, 3.8) is 0 Å². The molecular weight excluding hydrogens is 576 g/mol. The molecule has 1 unspecified atom stereocenters. The molecule has 8 nitrogen and oxygen atoms in total. The lowest BCUT2D eigenvalue weighted by molar-refractivity contribution is 0.0696. The van der Waals surface area contributed by atoms with E-state index in [0.29, 0.717) is 40.3 Å². The molecule has 0 spiro atoms. The molecule has 230 valence electrons. The van der Waals surface area contributed by atoms with E-state index < -0.39 is 33.3 Å². The van der Waals surface area contributed by atoms with Gasteiger partial charge >= 0.3 is 5.97 Å². The zero-order valence-corrected chi connectivity index (χ0v) is 26.9. The molecule has 3 aliphatic rings. The molecule has 0 aliphatic carbocycles. The summed E-state index contributed by atoms with van der Waals surface area (Å²) < 4.78 is 40.7. The van der Waals surface area contributed by atoms with E-state index in [2.05, 4.69) is 25.2 Å². The Morgan fingerprint density at radius 3 is 2.43 bits per heavy atom. The van der Waals surface area contributed by atoms with Crippen molar-refractivity contribution in [2.75, 3.05) is 11.1 Å². The Bertz CT molecular complexity index is 2020. The van der Waals surface area contributed by atoms with Crippen LogP contribution in [-0.4, -0.2) is 40.9 Å². The van der Waals surface area contributed by atoms with E-state index in [-0.39, 0.29) is 17.0 Å². The number of benzene rings is 3. The number of hydrogen-bond acceptors (Lipinski definition) is 6. The van der Waals surface area contributed by atoms with Gasteiger partial charge in [-0.05, 0) is 93.5 Å². The van der Waals surface area contributed by atoms with Crippen LogP contribution in [0.3, 0.4) is 0 Å². The minimum atomic E-state index is -4.27. The molecule has 3 aromatic carbocycles. The third kappa shape index (κ3) is 5.43. The van der Waals surface area contributed by atoms with Crippen LogP contribution in [0.4, 0.5) is 5.69 Å². The first-order valence-corrected chi connectivity index (χ1v) is 16.5. The van der Waals surface area contributed by atoms with Crippen LogP contribution >= 0.6 is 0 Å². The highest BCUT2D eigenvalue weighted by atomic mass is 32.2. The van der Waals surface area contributed by atoms with E-state index >= 15 is 0 Å². The Morgan fingerprint density at radius 1 is 1.05 bits per heavy atom. The first kappa shape index (κ1) is 30.1. The third-order valence-electron chi connectivity index (χ3n) is 8.70. The number of carboxylic acid groups (broad SMARTS) is 1. The number of anilines is 1. The minimum Gasteiger partial charge on any atom is -0.478 e. The molecule has 0 aromatic heterocycles. The van der Waals surface area contributed by atoms with Gasteiger partial charge in [0.1, 0.15) is 11.5 Å². The fraction of sp³-hybridized carbons (Fsp3) is 0.371. The first-order chi connectivity index (χ1) is 20.4. The lowest BCUT2D eigenvalue weighted by Gasteiger charge is -2.39. The quantitative estimate of drug-likeness (QED) is 0.227. The molecule has 0 bridgehead atoms. The molecule has 0 fully saturated rings. The Balaban J connectivity index is 1.73. The summed E-state index contributed by atoms with van der Waals surface area (Å²) in [5.74, 6) is -0.713. The number of carbonyl (C=O) groups is 1. The van der Waals surface area contributed by atoms with Crippen molar-refractivity contribution in [2.24, 2.45) is 4.99 Å². The number of ether oxygens (including phenoxy) is 1. The van der Waals surface area contributed by atoms with E-state index in [1.54, 1.807) is 6.07 Å². The van der Waals surface area contributed by atoms with Gasteiger partial charge in [0.05, 0.1) is 22.2 Å². The van der Waals surface area contributed by atoms with E-state index in [0.717, 1.165) is 32.8 Å². The van der Waals surface area contributed by atoms with E-state index in [9.17, 15) is 22.9 Å². The van der Waals surface area contributed by atoms with Gasteiger partial charge < -0.3 is 15.2 Å². The van der Waals surface area contributed by atoms with Crippen LogP contribution in [-0.2, 0) is 10.1 Å². The van der Waals surface area contributed by atoms with Gasteiger partial charge in [-0.1, -0.05) is 26.0 Å². The number of rotatable bonds is 5. The molecule has 1 atom stereocenters.